The predicted octanol–water partition coefficient (Wildman–Crippen LogP) is 2.48. The fourth-order valence-corrected chi connectivity index (χ4v) is 2.01. The summed E-state index contributed by atoms with van der Waals surface area (Å²) in [5.74, 6) is -0.973. The van der Waals surface area contributed by atoms with E-state index in [1.165, 1.54) is 0 Å². The number of hydrogen-bond acceptors (Lipinski definition) is 3. The second-order valence-corrected chi connectivity index (χ2v) is 4.46. The van der Waals surface area contributed by atoms with Crippen LogP contribution in [0.15, 0.2) is 24.3 Å². The van der Waals surface area contributed by atoms with E-state index in [0.717, 1.165) is 12.1 Å². The van der Waals surface area contributed by atoms with E-state index in [1.807, 2.05) is 0 Å². The molecule has 94 valence electrons. The summed E-state index contributed by atoms with van der Waals surface area (Å²) in [7, 11) is 0. The van der Waals surface area contributed by atoms with Crippen molar-refractivity contribution in [1.82, 2.24) is 4.98 Å². The molecule has 4 nitrogen and oxygen atoms in total. The molecule has 2 aromatic rings. The van der Waals surface area contributed by atoms with Crippen molar-refractivity contribution in [3.8, 4) is 0 Å². The van der Waals surface area contributed by atoms with Crippen LogP contribution in [0.3, 0.4) is 0 Å². The Balaban J connectivity index is 2.59. The van der Waals surface area contributed by atoms with Crippen molar-refractivity contribution in [3.05, 3.63) is 40.5 Å². The van der Waals surface area contributed by atoms with Crippen LogP contribution in [-0.2, 0) is 6.42 Å². The molecule has 18 heavy (non-hydrogen) atoms. The molecule has 0 aliphatic carbocycles. The van der Waals surface area contributed by atoms with Gasteiger partial charge in [0.25, 0.3) is 0 Å². The zero-order valence-electron chi connectivity index (χ0n) is 9.69. The van der Waals surface area contributed by atoms with Crippen LogP contribution in [0, 0.1) is 0 Å². The number of rotatable bonds is 4. The van der Waals surface area contributed by atoms with E-state index < -0.39 is 5.97 Å². The van der Waals surface area contributed by atoms with Gasteiger partial charge in [0.15, 0.2) is 0 Å². The first-order valence-electron chi connectivity index (χ1n) is 5.64. The second kappa shape index (κ2) is 5.33. The van der Waals surface area contributed by atoms with Crippen molar-refractivity contribution < 1.29 is 9.90 Å². The van der Waals surface area contributed by atoms with Crippen LogP contribution >= 0.6 is 11.6 Å². The molecule has 0 fully saturated rings. The molecule has 2 rings (SSSR count). The van der Waals surface area contributed by atoms with Crippen LogP contribution < -0.4 is 5.73 Å². The molecule has 0 saturated carbocycles. The summed E-state index contributed by atoms with van der Waals surface area (Å²) in [5, 5.41) is 10.3. The quantitative estimate of drug-likeness (QED) is 0.889. The van der Waals surface area contributed by atoms with Crippen molar-refractivity contribution >= 4 is 28.5 Å². The van der Waals surface area contributed by atoms with Crippen molar-refractivity contribution in [2.45, 2.75) is 12.8 Å². The van der Waals surface area contributed by atoms with Crippen LogP contribution in [0.25, 0.3) is 10.9 Å². The molecular weight excluding hydrogens is 252 g/mol. The van der Waals surface area contributed by atoms with E-state index in [4.69, 9.17) is 17.3 Å². The largest absolute Gasteiger partial charge is 0.478 e. The molecule has 1 aromatic heterocycles. The van der Waals surface area contributed by atoms with Gasteiger partial charge in [-0.2, -0.15) is 0 Å². The maximum Gasteiger partial charge on any atom is 0.336 e. The summed E-state index contributed by atoms with van der Waals surface area (Å²) in [6.07, 6.45) is 1.46. The van der Waals surface area contributed by atoms with E-state index in [1.54, 1.807) is 24.3 Å². The molecule has 5 heteroatoms. The fraction of sp³-hybridized carbons (Fsp3) is 0.231. The Labute approximate surface area is 109 Å². The number of carboxylic acids is 1. The number of aromatic carboxylic acids is 1. The van der Waals surface area contributed by atoms with Crippen LogP contribution in [0.1, 0.15) is 22.5 Å². The zero-order valence-corrected chi connectivity index (χ0v) is 10.4. The molecule has 0 aliphatic heterocycles. The molecule has 0 saturated heterocycles. The van der Waals surface area contributed by atoms with E-state index in [2.05, 4.69) is 4.98 Å². The maximum absolute atomic E-state index is 11.3. The minimum Gasteiger partial charge on any atom is -0.478 e. The van der Waals surface area contributed by atoms with Gasteiger partial charge in [-0.3, -0.25) is 4.98 Å². The Morgan fingerprint density at radius 3 is 2.83 bits per heavy atom. The highest BCUT2D eigenvalue weighted by molar-refractivity contribution is 6.31. The second-order valence-electron chi connectivity index (χ2n) is 4.02. The molecule has 0 aliphatic rings. The molecule has 0 atom stereocenters. The molecule has 0 unspecified atom stereocenters. The fourth-order valence-electron chi connectivity index (χ4n) is 1.84. The Kier molecular flexibility index (Phi) is 3.79. The number of halogens is 1. The first kappa shape index (κ1) is 12.8. The lowest BCUT2D eigenvalue weighted by atomic mass is 10.1. The van der Waals surface area contributed by atoms with Gasteiger partial charge in [-0.05, 0) is 43.7 Å². The van der Waals surface area contributed by atoms with Gasteiger partial charge in [0.1, 0.15) is 0 Å². The molecule has 1 aromatic carbocycles. The molecule has 3 N–H and O–H groups in total. The third-order valence-electron chi connectivity index (χ3n) is 2.69. The lowest BCUT2D eigenvalue weighted by Crippen LogP contribution is -2.05. The summed E-state index contributed by atoms with van der Waals surface area (Å²) >= 11 is 5.88. The highest BCUT2D eigenvalue weighted by Gasteiger charge is 2.12. The highest BCUT2D eigenvalue weighted by Crippen LogP contribution is 2.23. The Bertz CT molecular complexity index is 599. The number of carboxylic acid groups (broad SMARTS) is 1. The number of aryl methyl sites for hydroxylation is 1. The highest BCUT2D eigenvalue weighted by atomic mass is 35.5. The van der Waals surface area contributed by atoms with E-state index >= 15 is 0 Å². The topological polar surface area (TPSA) is 76.2 Å². The van der Waals surface area contributed by atoms with E-state index in [-0.39, 0.29) is 5.56 Å². The van der Waals surface area contributed by atoms with Crippen molar-refractivity contribution in [2.24, 2.45) is 5.73 Å². The number of hydrogen-bond donors (Lipinski definition) is 2. The molecule has 0 bridgehead atoms. The first-order chi connectivity index (χ1) is 8.61. The molecule has 0 amide bonds. The van der Waals surface area contributed by atoms with Gasteiger partial charge >= 0.3 is 5.97 Å². The molecule has 0 radical (unpaired) electrons. The normalized spacial score (nSPS) is 10.8. The van der Waals surface area contributed by atoms with Gasteiger partial charge in [-0.15, -0.1) is 0 Å². The number of carbonyl (C=O) groups is 1. The predicted molar refractivity (Wildman–Crippen MR) is 71.1 cm³/mol. The van der Waals surface area contributed by atoms with Gasteiger partial charge < -0.3 is 10.8 Å². The van der Waals surface area contributed by atoms with Gasteiger partial charge in [-0.1, -0.05) is 11.6 Å². The minimum atomic E-state index is -0.973. The Morgan fingerprint density at radius 2 is 2.17 bits per heavy atom. The number of aromatic nitrogens is 1. The average molecular weight is 265 g/mol. The third kappa shape index (κ3) is 2.60. The number of pyridine rings is 1. The van der Waals surface area contributed by atoms with E-state index in [9.17, 15) is 9.90 Å². The van der Waals surface area contributed by atoms with Crippen LogP contribution in [-0.4, -0.2) is 22.6 Å². The Hall–Kier alpha value is -1.65. The van der Waals surface area contributed by atoms with Crippen LogP contribution in [0.2, 0.25) is 5.02 Å². The standard InChI is InChI=1S/C13H13ClN2O2/c14-8-3-4-12-10(6-8)11(13(17)18)7-9(16-12)2-1-5-15/h3-4,6-7H,1-2,5,15H2,(H,17,18). The third-order valence-corrected chi connectivity index (χ3v) is 2.93. The SMILES string of the molecule is NCCCc1cc(C(=O)O)c2cc(Cl)ccc2n1. The van der Waals surface area contributed by atoms with Crippen molar-refractivity contribution in [3.63, 3.8) is 0 Å². The smallest absolute Gasteiger partial charge is 0.336 e. The molecular formula is C13H13ClN2O2. The summed E-state index contributed by atoms with van der Waals surface area (Å²) in [5.41, 5.74) is 7.06. The monoisotopic (exact) mass is 264 g/mol. The zero-order chi connectivity index (χ0) is 13.1. The number of fused-ring (bicyclic) bond motifs is 1. The first-order valence-corrected chi connectivity index (χ1v) is 6.02. The summed E-state index contributed by atoms with van der Waals surface area (Å²) in [6, 6.07) is 6.65. The van der Waals surface area contributed by atoms with Crippen molar-refractivity contribution in [1.29, 1.82) is 0 Å². The van der Waals surface area contributed by atoms with Crippen LogP contribution in [0.5, 0.6) is 0 Å². The van der Waals surface area contributed by atoms with Gasteiger partial charge in [0.05, 0.1) is 11.1 Å². The Morgan fingerprint density at radius 1 is 1.39 bits per heavy atom. The van der Waals surface area contributed by atoms with Crippen LogP contribution in [0.4, 0.5) is 0 Å². The summed E-state index contributed by atoms with van der Waals surface area (Å²) in [4.78, 5) is 15.7. The number of nitrogens with zero attached hydrogens (tertiary/aromatic N) is 1. The molecule has 1 heterocycles. The maximum atomic E-state index is 11.3. The minimum absolute atomic E-state index is 0.231. The lowest BCUT2D eigenvalue weighted by molar-refractivity contribution is 0.0699. The number of nitrogens with two attached hydrogens (primary N) is 1. The summed E-state index contributed by atoms with van der Waals surface area (Å²) in [6.45, 7) is 0.558. The average Bonchev–Trinajstić information content (AvgIpc) is 2.35. The van der Waals surface area contributed by atoms with Gasteiger partial charge in [-0.25, -0.2) is 4.79 Å². The molecule has 0 spiro atoms. The number of benzene rings is 1. The van der Waals surface area contributed by atoms with Crippen molar-refractivity contribution in [2.75, 3.05) is 6.54 Å². The van der Waals surface area contributed by atoms with Gasteiger partial charge in [0.2, 0.25) is 0 Å². The van der Waals surface area contributed by atoms with E-state index in [0.29, 0.717) is 28.9 Å². The summed E-state index contributed by atoms with van der Waals surface area (Å²) < 4.78 is 0. The van der Waals surface area contributed by atoms with Gasteiger partial charge in [0, 0.05) is 16.1 Å². The lowest BCUT2D eigenvalue weighted by Gasteiger charge is -2.06.